The maximum Gasteiger partial charge on any atom is 0.250 e. The Morgan fingerprint density at radius 3 is 2.47 bits per heavy atom. The quantitative estimate of drug-likeness (QED) is 0.344. The van der Waals surface area contributed by atoms with E-state index in [9.17, 15) is 4.79 Å². The first kappa shape index (κ1) is 24.3. The van der Waals surface area contributed by atoms with Crippen molar-refractivity contribution in [2.75, 3.05) is 43.4 Å². The molecule has 0 aliphatic carbocycles. The Hall–Kier alpha value is -2.84. The molecule has 2 heterocycles. The summed E-state index contributed by atoms with van der Waals surface area (Å²) in [5.41, 5.74) is 2.70. The number of carbonyl (C=O) groups is 1. The number of anilines is 2. The number of piperazine rings is 1. The van der Waals surface area contributed by atoms with E-state index in [0.29, 0.717) is 21.6 Å². The van der Waals surface area contributed by atoms with Crippen molar-refractivity contribution in [1.82, 2.24) is 10.2 Å². The average Bonchev–Trinajstić information content (AvgIpc) is 3.27. The Balaban J connectivity index is 1.28. The van der Waals surface area contributed by atoms with Crippen LogP contribution < -0.4 is 15.5 Å². The van der Waals surface area contributed by atoms with Gasteiger partial charge in [-0.1, -0.05) is 23.2 Å². The zero-order chi connectivity index (χ0) is 24.1. The summed E-state index contributed by atoms with van der Waals surface area (Å²) >= 11 is 17.4. The number of thiocarbonyl (C=S) groups is 1. The summed E-state index contributed by atoms with van der Waals surface area (Å²) in [6, 6.07) is 16.7. The van der Waals surface area contributed by atoms with Gasteiger partial charge in [0.2, 0.25) is 5.91 Å². The topological polar surface area (TPSA) is 60.8 Å². The number of halogens is 2. The van der Waals surface area contributed by atoms with Crippen molar-refractivity contribution < 1.29 is 9.21 Å². The number of amides is 1. The number of hydrogen-bond acceptors (Lipinski definition) is 5. The van der Waals surface area contributed by atoms with Crippen LogP contribution in [0.5, 0.6) is 0 Å². The van der Waals surface area contributed by atoms with Gasteiger partial charge in [-0.05, 0) is 79.9 Å². The zero-order valence-electron chi connectivity index (χ0n) is 18.6. The number of rotatable bonds is 5. The minimum absolute atomic E-state index is 0.218. The lowest BCUT2D eigenvalue weighted by atomic mass is 10.2. The van der Waals surface area contributed by atoms with Crippen LogP contribution in [-0.4, -0.2) is 49.1 Å². The van der Waals surface area contributed by atoms with E-state index in [1.807, 2.05) is 12.1 Å². The molecule has 176 valence electrons. The number of hydrogen-bond donors (Lipinski definition) is 2. The highest BCUT2D eigenvalue weighted by atomic mass is 35.5. The molecular weight excluding hydrogens is 491 g/mol. The van der Waals surface area contributed by atoms with Crippen molar-refractivity contribution in [1.29, 1.82) is 0 Å². The van der Waals surface area contributed by atoms with E-state index in [2.05, 4.69) is 39.6 Å². The summed E-state index contributed by atoms with van der Waals surface area (Å²) in [5, 5.41) is 6.93. The molecule has 2 aromatic carbocycles. The monoisotopic (exact) mass is 514 g/mol. The summed E-state index contributed by atoms with van der Waals surface area (Å²) in [4.78, 5) is 16.9. The molecule has 0 spiro atoms. The highest BCUT2D eigenvalue weighted by Gasteiger charge is 2.14. The van der Waals surface area contributed by atoms with E-state index in [1.54, 1.807) is 36.4 Å². The summed E-state index contributed by atoms with van der Waals surface area (Å²) in [6.45, 7) is 4.12. The van der Waals surface area contributed by atoms with Gasteiger partial charge in [-0.3, -0.25) is 10.1 Å². The van der Waals surface area contributed by atoms with E-state index in [0.717, 1.165) is 37.4 Å². The van der Waals surface area contributed by atoms with Gasteiger partial charge >= 0.3 is 0 Å². The van der Waals surface area contributed by atoms with Gasteiger partial charge in [-0.15, -0.1) is 0 Å². The Morgan fingerprint density at radius 2 is 1.76 bits per heavy atom. The number of nitrogens with one attached hydrogen (secondary N) is 2. The lowest BCUT2D eigenvalue weighted by molar-refractivity contribution is -0.115. The first-order chi connectivity index (χ1) is 16.4. The summed E-state index contributed by atoms with van der Waals surface area (Å²) < 4.78 is 5.76. The molecule has 0 saturated carbocycles. The van der Waals surface area contributed by atoms with Crippen molar-refractivity contribution in [3.63, 3.8) is 0 Å². The van der Waals surface area contributed by atoms with Gasteiger partial charge in [0.25, 0.3) is 0 Å². The van der Waals surface area contributed by atoms with Crippen LogP contribution in [0.2, 0.25) is 10.0 Å². The summed E-state index contributed by atoms with van der Waals surface area (Å²) in [5.74, 6) is 0.725. The Labute approximate surface area is 214 Å². The second kappa shape index (κ2) is 11.1. The Morgan fingerprint density at radius 1 is 1.03 bits per heavy atom. The number of benzene rings is 2. The number of nitrogens with zero attached hydrogens (tertiary/aromatic N) is 2. The van der Waals surface area contributed by atoms with Gasteiger partial charge in [0.15, 0.2) is 5.11 Å². The van der Waals surface area contributed by atoms with Crippen LogP contribution in [0.1, 0.15) is 5.76 Å². The molecule has 0 bridgehead atoms. The normalized spacial score (nSPS) is 14.4. The molecule has 9 heteroatoms. The molecule has 1 aliphatic rings. The van der Waals surface area contributed by atoms with Crippen LogP contribution in [0.25, 0.3) is 17.4 Å². The third kappa shape index (κ3) is 6.39. The third-order valence-corrected chi connectivity index (χ3v) is 6.20. The van der Waals surface area contributed by atoms with E-state index >= 15 is 0 Å². The fourth-order valence-electron chi connectivity index (χ4n) is 3.57. The zero-order valence-corrected chi connectivity index (χ0v) is 20.9. The maximum absolute atomic E-state index is 12.3. The van der Waals surface area contributed by atoms with Gasteiger partial charge in [0.05, 0.1) is 5.02 Å². The fraction of sp³-hybridized carbons (Fsp3) is 0.200. The minimum atomic E-state index is -0.367. The standard InChI is InChI=1S/C25H24Cl2N4O2S/c1-30-12-14-31(15-13-30)19-5-3-18(4-6-19)28-25(34)29-24(32)11-8-20-7-10-23(33-20)21-9-2-17(26)16-22(21)27/h2-11,16H,12-15H2,1H3,(H2,28,29,32,34)/b11-8+. The molecule has 0 atom stereocenters. The van der Waals surface area contributed by atoms with Crippen LogP contribution in [0, 0.1) is 0 Å². The highest BCUT2D eigenvalue weighted by molar-refractivity contribution is 7.80. The Kier molecular flexibility index (Phi) is 7.90. The lowest BCUT2D eigenvalue weighted by Crippen LogP contribution is -2.44. The van der Waals surface area contributed by atoms with E-state index in [1.165, 1.54) is 11.8 Å². The van der Waals surface area contributed by atoms with Crippen LogP contribution >= 0.6 is 35.4 Å². The third-order valence-electron chi connectivity index (χ3n) is 5.45. The van der Waals surface area contributed by atoms with Crippen molar-refractivity contribution in [2.45, 2.75) is 0 Å². The SMILES string of the molecule is CN1CCN(c2ccc(NC(=S)NC(=O)/C=C/c3ccc(-c4ccc(Cl)cc4Cl)o3)cc2)CC1. The molecule has 3 aromatic rings. The number of likely N-dealkylation sites (N-methyl/N-ethyl adjacent to an activating group) is 1. The van der Waals surface area contributed by atoms with E-state index in [4.69, 9.17) is 39.8 Å². The van der Waals surface area contributed by atoms with Gasteiger partial charge in [-0.25, -0.2) is 0 Å². The molecule has 0 unspecified atom stereocenters. The summed E-state index contributed by atoms with van der Waals surface area (Å²) in [7, 11) is 2.14. The highest BCUT2D eigenvalue weighted by Crippen LogP contribution is 2.31. The number of carbonyl (C=O) groups excluding carboxylic acids is 1. The molecule has 1 aliphatic heterocycles. The molecule has 0 radical (unpaired) electrons. The average molecular weight is 515 g/mol. The van der Waals surface area contributed by atoms with Gasteiger partial charge in [0.1, 0.15) is 11.5 Å². The molecule has 1 fully saturated rings. The molecular formula is C25H24Cl2N4O2S. The predicted molar refractivity (Wildman–Crippen MR) is 144 cm³/mol. The lowest BCUT2D eigenvalue weighted by Gasteiger charge is -2.34. The maximum atomic E-state index is 12.3. The minimum Gasteiger partial charge on any atom is -0.457 e. The first-order valence-corrected chi connectivity index (χ1v) is 11.9. The second-order valence-electron chi connectivity index (χ2n) is 7.94. The largest absolute Gasteiger partial charge is 0.457 e. The van der Waals surface area contributed by atoms with Crippen LogP contribution in [-0.2, 0) is 4.79 Å². The van der Waals surface area contributed by atoms with E-state index in [-0.39, 0.29) is 11.0 Å². The van der Waals surface area contributed by atoms with Gasteiger partial charge in [0, 0.05) is 54.2 Å². The molecule has 2 N–H and O–H groups in total. The molecule has 6 nitrogen and oxygen atoms in total. The second-order valence-corrected chi connectivity index (χ2v) is 9.19. The van der Waals surface area contributed by atoms with Gasteiger partial charge in [-0.2, -0.15) is 0 Å². The van der Waals surface area contributed by atoms with Crippen molar-refractivity contribution >= 4 is 63.9 Å². The molecule has 4 rings (SSSR count). The molecule has 1 aromatic heterocycles. The van der Waals surface area contributed by atoms with Crippen LogP contribution in [0.15, 0.2) is 65.1 Å². The molecule has 1 amide bonds. The molecule has 34 heavy (non-hydrogen) atoms. The Bertz CT molecular complexity index is 1200. The van der Waals surface area contributed by atoms with E-state index < -0.39 is 0 Å². The summed E-state index contributed by atoms with van der Waals surface area (Å²) in [6.07, 6.45) is 2.92. The van der Waals surface area contributed by atoms with Crippen molar-refractivity contribution in [3.05, 3.63) is 76.5 Å². The van der Waals surface area contributed by atoms with Crippen molar-refractivity contribution in [3.8, 4) is 11.3 Å². The smallest absolute Gasteiger partial charge is 0.250 e. The van der Waals surface area contributed by atoms with Crippen LogP contribution in [0.4, 0.5) is 11.4 Å². The van der Waals surface area contributed by atoms with Crippen LogP contribution in [0.3, 0.4) is 0 Å². The predicted octanol–water partition coefficient (Wildman–Crippen LogP) is 5.53. The van der Waals surface area contributed by atoms with Crippen molar-refractivity contribution in [2.24, 2.45) is 0 Å². The number of furan rings is 1. The fourth-order valence-corrected chi connectivity index (χ4v) is 4.29. The van der Waals surface area contributed by atoms with Gasteiger partial charge < -0.3 is 19.5 Å². The first-order valence-electron chi connectivity index (χ1n) is 10.8. The molecule has 1 saturated heterocycles.